The maximum Gasteiger partial charge on any atom is 0.313 e. The van der Waals surface area contributed by atoms with E-state index in [0.29, 0.717) is 0 Å². The predicted molar refractivity (Wildman–Crippen MR) is 47.1 cm³/mol. The normalized spacial score (nSPS) is 12.8. The fourth-order valence-corrected chi connectivity index (χ4v) is 0.829. The molecule has 0 fully saturated rings. The molecular formula is C9H14O4. The highest BCUT2D eigenvalue weighted by Crippen LogP contribution is 1.99. The first-order valence-electron chi connectivity index (χ1n) is 3.99. The minimum absolute atomic E-state index is 0.0422. The smallest absolute Gasteiger partial charge is 0.313 e. The fraction of sp³-hybridized carbons (Fsp3) is 0.556. The Morgan fingerprint density at radius 2 is 2.15 bits per heavy atom. The third-order valence-corrected chi connectivity index (χ3v) is 1.42. The van der Waals surface area contributed by atoms with Crippen LogP contribution in [0.5, 0.6) is 0 Å². The van der Waals surface area contributed by atoms with E-state index < -0.39 is 12.1 Å². The third-order valence-electron chi connectivity index (χ3n) is 1.42. The van der Waals surface area contributed by atoms with Crippen LogP contribution in [0.25, 0.3) is 0 Å². The molecule has 0 aliphatic carbocycles. The molecule has 0 saturated carbocycles. The summed E-state index contributed by atoms with van der Waals surface area (Å²) in [6.45, 7) is 1.74. The molecule has 74 valence electrons. The minimum Gasteiger partial charge on any atom is -0.469 e. The molecule has 0 aromatic carbocycles. The molecule has 0 bridgehead atoms. The lowest BCUT2D eigenvalue weighted by atomic mass is 10.1. The van der Waals surface area contributed by atoms with Gasteiger partial charge >= 0.3 is 5.97 Å². The van der Waals surface area contributed by atoms with Gasteiger partial charge in [0.05, 0.1) is 13.2 Å². The number of methoxy groups -OCH3 is 1. The molecule has 0 heterocycles. The molecule has 0 aromatic heterocycles. The van der Waals surface area contributed by atoms with Crippen LogP contribution in [-0.2, 0) is 14.3 Å². The third kappa shape index (κ3) is 6.04. The second-order valence-electron chi connectivity index (χ2n) is 2.59. The molecule has 1 atom stereocenters. The molecule has 13 heavy (non-hydrogen) atoms. The van der Waals surface area contributed by atoms with Gasteiger partial charge in [-0.3, -0.25) is 9.59 Å². The minimum atomic E-state index is -0.804. The Morgan fingerprint density at radius 1 is 1.54 bits per heavy atom. The van der Waals surface area contributed by atoms with Crippen molar-refractivity contribution in [2.24, 2.45) is 0 Å². The molecule has 0 amide bonds. The number of esters is 1. The molecular weight excluding hydrogens is 172 g/mol. The van der Waals surface area contributed by atoms with Crippen LogP contribution in [0.2, 0.25) is 0 Å². The van der Waals surface area contributed by atoms with Gasteiger partial charge in [-0.2, -0.15) is 0 Å². The van der Waals surface area contributed by atoms with Gasteiger partial charge in [0.1, 0.15) is 12.2 Å². The zero-order valence-electron chi connectivity index (χ0n) is 7.82. The van der Waals surface area contributed by atoms with Gasteiger partial charge in [-0.25, -0.2) is 0 Å². The number of carbonyl (C=O) groups excluding carboxylic acids is 2. The first-order valence-corrected chi connectivity index (χ1v) is 3.99. The molecule has 0 saturated heterocycles. The van der Waals surface area contributed by atoms with E-state index in [1.54, 1.807) is 13.0 Å². The number of ketones is 1. The molecule has 0 radical (unpaired) electrons. The van der Waals surface area contributed by atoms with Gasteiger partial charge in [-0.05, 0) is 6.92 Å². The largest absolute Gasteiger partial charge is 0.469 e. The van der Waals surface area contributed by atoms with Crippen LogP contribution in [0.4, 0.5) is 0 Å². The van der Waals surface area contributed by atoms with Gasteiger partial charge in [0.2, 0.25) is 0 Å². The number of hydrogen-bond donors (Lipinski definition) is 1. The Labute approximate surface area is 77.2 Å². The summed E-state index contributed by atoms with van der Waals surface area (Å²) in [5, 5.41) is 9.15. The Bertz CT molecular complexity index is 208. The molecule has 4 heteroatoms. The summed E-state index contributed by atoms with van der Waals surface area (Å²) in [4.78, 5) is 21.6. The van der Waals surface area contributed by atoms with Crippen molar-refractivity contribution in [3.8, 4) is 0 Å². The van der Waals surface area contributed by atoms with Gasteiger partial charge < -0.3 is 9.84 Å². The first-order chi connectivity index (χ1) is 6.10. The molecule has 0 aromatic rings. The van der Waals surface area contributed by atoms with Crippen molar-refractivity contribution in [1.82, 2.24) is 0 Å². The van der Waals surface area contributed by atoms with Gasteiger partial charge in [0, 0.05) is 6.42 Å². The number of aliphatic hydroxyl groups is 1. The molecule has 0 rings (SSSR count). The monoisotopic (exact) mass is 186 g/mol. The van der Waals surface area contributed by atoms with Crippen molar-refractivity contribution < 1.29 is 19.4 Å². The zero-order chi connectivity index (χ0) is 10.3. The summed E-state index contributed by atoms with van der Waals surface area (Å²) in [7, 11) is 1.22. The fourth-order valence-electron chi connectivity index (χ4n) is 0.829. The number of ether oxygens (including phenoxy) is 1. The topological polar surface area (TPSA) is 63.6 Å². The zero-order valence-corrected chi connectivity index (χ0v) is 7.82. The lowest BCUT2D eigenvalue weighted by molar-refractivity contribution is -0.143. The summed E-state index contributed by atoms with van der Waals surface area (Å²) >= 11 is 0. The lowest BCUT2D eigenvalue weighted by Gasteiger charge is -2.03. The highest BCUT2D eigenvalue weighted by molar-refractivity contribution is 5.95. The molecule has 1 N–H and O–H groups in total. The van der Waals surface area contributed by atoms with E-state index in [1.807, 2.05) is 0 Å². The van der Waals surface area contributed by atoms with Crippen molar-refractivity contribution in [3.63, 3.8) is 0 Å². The molecule has 0 aliphatic heterocycles. The van der Waals surface area contributed by atoms with E-state index in [9.17, 15) is 9.59 Å². The summed E-state index contributed by atoms with van der Waals surface area (Å²) in [6.07, 6.45) is 2.03. The number of carbonyl (C=O) groups is 2. The lowest BCUT2D eigenvalue weighted by Crippen LogP contribution is -2.15. The second-order valence-corrected chi connectivity index (χ2v) is 2.59. The summed E-state index contributed by atoms with van der Waals surface area (Å²) in [5.74, 6) is -0.893. The number of hydrogen-bond acceptors (Lipinski definition) is 4. The average Bonchev–Trinajstić information content (AvgIpc) is 2.04. The van der Waals surface area contributed by atoms with Crippen molar-refractivity contribution in [2.75, 3.05) is 7.11 Å². The highest BCUT2D eigenvalue weighted by Gasteiger charge is 2.12. The van der Waals surface area contributed by atoms with E-state index >= 15 is 0 Å². The Balaban J connectivity index is 3.80. The van der Waals surface area contributed by atoms with Crippen LogP contribution in [0.1, 0.15) is 19.8 Å². The van der Waals surface area contributed by atoms with Crippen molar-refractivity contribution >= 4 is 11.8 Å². The maximum absolute atomic E-state index is 11.0. The SMILES string of the molecule is C/C=C/C(O)CC(=O)CC(=O)OC. The number of Topliss-reactive ketones (excluding diaryl/α,β-unsaturated/α-hetero) is 1. The van der Waals surface area contributed by atoms with Crippen LogP contribution in [0.3, 0.4) is 0 Å². The van der Waals surface area contributed by atoms with E-state index in [4.69, 9.17) is 5.11 Å². The first kappa shape index (κ1) is 11.8. The van der Waals surface area contributed by atoms with Crippen LogP contribution in [0, 0.1) is 0 Å². The number of rotatable bonds is 5. The molecule has 0 spiro atoms. The van der Waals surface area contributed by atoms with Crippen molar-refractivity contribution in [3.05, 3.63) is 12.2 Å². The van der Waals surface area contributed by atoms with Gasteiger partial charge in [-0.15, -0.1) is 0 Å². The quantitative estimate of drug-likeness (QED) is 0.384. The average molecular weight is 186 g/mol. The van der Waals surface area contributed by atoms with E-state index in [-0.39, 0.29) is 18.6 Å². The second kappa shape index (κ2) is 6.37. The van der Waals surface area contributed by atoms with Gasteiger partial charge in [0.15, 0.2) is 0 Å². The predicted octanol–water partition coefficient (Wildman–Crippen LogP) is 0.446. The number of aliphatic hydroxyl groups excluding tert-OH is 1. The van der Waals surface area contributed by atoms with E-state index in [1.165, 1.54) is 13.2 Å². The van der Waals surface area contributed by atoms with Crippen LogP contribution >= 0.6 is 0 Å². The van der Waals surface area contributed by atoms with E-state index in [0.717, 1.165) is 0 Å². The Morgan fingerprint density at radius 3 is 2.62 bits per heavy atom. The molecule has 1 unspecified atom stereocenters. The van der Waals surface area contributed by atoms with Gasteiger partial charge in [0.25, 0.3) is 0 Å². The van der Waals surface area contributed by atoms with E-state index in [2.05, 4.69) is 4.74 Å². The standard InChI is InChI=1S/C9H14O4/c1-3-4-7(10)5-8(11)6-9(12)13-2/h3-4,7,10H,5-6H2,1-2H3/b4-3+. The van der Waals surface area contributed by atoms with Crippen molar-refractivity contribution in [1.29, 1.82) is 0 Å². The maximum atomic E-state index is 11.0. The summed E-state index contributed by atoms with van der Waals surface area (Å²) in [5.41, 5.74) is 0. The van der Waals surface area contributed by atoms with Crippen LogP contribution in [0.15, 0.2) is 12.2 Å². The number of allylic oxidation sites excluding steroid dienone is 1. The molecule has 0 aliphatic rings. The van der Waals surface area contributed by atoms with Crippen LogP contribution < -0.4 is 0 Å². The van der Waals surface area contributed by atoms with Crippen molar-refractivity contribution in [2.45, 2.75) is 25.9 Å². The van der Waals surface area contributed by atoms with Gasteiger partial charge in [-0.1, -0.05) is 12.2 Å². The molecule has 4 nitrogen and oxygen atoms in total. The Kier molecular flexibility index (Phi) is 5.80. The highest BCUT2D eigenvalue weighted by atomic mass is 16.5. The summed E-state index contributed by atoms with van der Waals surface area (Å²) in [6, 6.07) is 0. The van der Waals surface area contributed by atoms with Crippen LogP contribution in [-0.4, -0.2) is 30.1 Å². The summed E-state index contributed by atoms with van der Waals surface area (Å²) < 4.78 is 4.30. The Hall–Kier alpha value is -1.16.